The molecule has 0 saturated heterocycles. The van der Waals surface area contributed by atoms with E-state index in [1.807, 2.05) is 44.2 Å². The molecule has 0 aliphatic carbocycles. The van der Waals surface area contributed by atoms with Crippen LogP contribution in [0.4, 0.5) is 0 Å². The molecule has 0 amide bonds. The molecule has 0 aliphatic rings. The van der Waals surface area contributed by atoms with Gasteiger partial charge in [0.15, 0.2) is 5.78 Å². The fourth-order valence-corrected chi connectivity index (χ4v) is 2.87. The number of Topliss-reactive ketones (excluding diaryl/α,β-unsaturated/α-hetero) is 1. The van der Waals surface area contributed by atoms with Gasteiger partial charge in [0.2, 0.25) is 0 Å². The van der Waals surface area contributed by atoms with Crippen LogP contribution in [0.25, 0.3) is 0 Å². The van der Waals surface area contributed by atoms with Crippen molar-refractivity contribution in [3.05, 3.63) is 63.1 Å². The van der Waals surface area contributed by atoms with Gasteiger partial charge in [-0.3, -0.25) is 4.79 Å². The van der Waals surface area contributed by atoms with E-state index in [1.54, 1.807) is 6.07 Å². The van der Waals surface area contributed by atoms with Crippen molar-refractivity contribution < 1.29 is 9.90 Å². The Morgan fingerprint density at radius 2 is 1.90 bits per heavy atom. The smallest absolute Gasteiger partial charge is 0.164 e. The summed E-state index contributed by atoms with van der Waals surface area (Å²) >= 11 is 3.39. The summed E-state index contributed by atoms with van der Waals surface area (Å²) in [5.41, 5.74) is 3.61. The minimum absolute atomic E-state index is 0.0804. The van der Waals surface area contributed by atoms with Gasteiger partial charge in [-0.05, 0) is 49.1 Å². The Morgan fingerprint density at radius 3 is 2.55 bits per heavy atom. The molecule has 0 atom stereocenters. The van der Waals surface area contributed by atoms with Crippen LogP contribution in [0.5, 0.6) is 5.75 Å². The Labute approximate surface area is 127 Å². The number of carbonyl (C=O) groups is 1. The van der Waals surface area contributed by atoms with Crippen molar-refractivity contribution in [3.8, 4) is 5.75 Å². The zero-order valence-electron chi connectivity index (χ0n) is 11.6. The lowest BCUT2D eigenvalue weighted by molar-refractivity contribution is 0.0982. The monoisotopic (exact) mass is 332 g/mol. The third-order valence-electron chi connectivity index (χ3n) is 3.37. The Hall–Kier alpha value is -1.61. The van der Waals surface area contributed by atoms with Crippen LogP contribution >= 0.6 is 15.9 Å². The molecule has 0 fully saturated rings. The quantitative estimate of drug-likeness (QED) is 0.831. The minimum atomic E-state index is 0.0804. The van der Waals surface area contributed by atoms with E-state index in [0.29, 0.717) is 18.4 Å². The molecule has 0 unspecified atom stereocenters. The second-order valence-electron chi connectivity index (χ2n) is 4.98. The first-order valence-corrected chi connectivity index (χ1v) is 7.35. The maximum atomic E-state index is 12.2. The summed E-state index contributed by atoms with van der Waals surface area (Å²) in [7, 11) is 0. The third kappa shape index (κ3) is 3.28. The van der Waals surface area contributed by atoms with E-state index in [9.17, 15) is 9.90 Å². The number of carbonyl (C=O) groups excluding carboxylic acids is 1. The number of benzene rings is 2. The molecule has 0 aromatic heterocycles. The largest absolute Gasteiger partial charge is 0.508 e. The van der Waals surface area contributed by atoms with Gasteiger partial charge in [-0.15, -0.1) is 0 Å². The van der Waals surface area contributed by atoms with Gasteiger partial charge < -0.3 is 5.11 Å². The number of aryl methyl sites for hydroxylation is 2. The summed E-state index contributed by atoms with van der Waals surface area (Å²) in [6, 6.07) is 11.2. The van der Waals surface area contributed by atoms with Crippen molar-refractivity contribution in [2.24, 2.45) is 0 Å². The van der Waals surface area contributed by atoms with Crippen LogP contribution in [-0.2, 0) is 6.42 Å². The van der Waals surface area contributed by atoms with Crippen molar-refractivity contribution in [1.29, 1.82) is 0 Å². The van der Waals surface area contributed by atoms with Crippen molar-refractivity contribution in [1.82, 2.24) is 0 Å². The highest BCUT2D eigenvalue weighted by Gasteiger charge is 2.12. The Morgan fingerprint density at radius 1 is 1.20 bits per heavy atom. The highest BCUT2D eigenvalue weighted by Crippen LogP contribution is 2.25. The number of ketones is 1. The summed E-state index contributed by atoms with van der Waals surface area (Å²) in [4.78, 5) is 12.2. The topological polar surface area (TPSA) is 37.3 Å². The highest BCUT2D eigenvalue weighted by atomic mass is 79.9. The average Bonchev–Trinajstić information content (AvgIpc) is 2.37. The molecule has 3 heteroatoms. The molecule has 2 aromatic rings. The maximum Gasteiger partial charge on any atom is 0.164 e. The molecule has 0 saturated carbocycles. The van der Waals surface area contributed by atoms with Crippen LogP contribution in [0.15, 0.2) is 40.9 Å². The standard InChI is InChI=1S/C17H17BrO2/c1-11-9-12(2)13(17(20)10-11)7-8-16(19)14-5-3-4-6-15(14)18/h3-6,9-10,20H,7-8H2,1-2H3. The van der Waals surface area contributed by atoms with Crippen molar-refractivity contribution in [2.45, 2.75) is 26.7 Å². The van der Waals surface area contributed by atoms with Gasteiger partial charge >= 0.3 is 0 Å². The van der Waals surface area contributed by atoms with Gasteiger partial charge in [0.1, 0.15) is 5.75 Å². The number of hydrogen-bond acceptors (Lipinski definition) is 2. The number of phenolic OH excluding ortho intramolecular Hbond substituents is 1. The first-order chi connectivity index (χ1) is 9.49. The molecule has 20 heavy (non-hydrogen) atoms. The van der Waals surface area contributed by atoms with Crippen LogP contribution < -0.4 is 0 Å². The lowest BCUT2D eigenvalue weighted by atomic mass is 9.97. The zero-order chi connectivity index (χ0) is 14.7. The summed E-state index contributed by atoms with van der Waals surface area (Å²) in [5, 5.41) is 9.99. The molecule has 104 valence electrons. The molecule has 0 bridgehead atoms. The summed E-state index contributed by atoms with van der Waals surface area (Å²) < 4.78 is 0.815. The molecule has 0 heterocycles. The van der Waals surface area contributed by atoms with Gasteiger partial charge in [0.05, 0.1) is 0 Å². The third-order valence-corrected chi connectivity index (χ3v) is 4.06. The number of aromatic hydroxyl groups is 1. The SMILES string of the molecule is Cc1cc(C)c(CCC(=O)c2ccccc2Br)c(O)c1. The minimum Gasteiger partial charge on any atom is -0.508 e. The van der Waals surface area contributed by atoms with E-state index in [4.69, 9.17) is 0 Å². The predicted molar refractivity (Wildman–Crippen MR) is 84.4 cm³/mol. The molecular formula is C17H17BrO2. The Bertz CT molecular complexity index is 624. The Balaban J connectivity index is 2.14. The molecule has 0 radical (unpaired) electrons. The van der Waals surface area contributed by atoms with Gasteiger partial charge in [0, 0.05) is 16.5 Å². The van der Waals surface area contributed by atoms with Crippen LogP contribution in [0.2, 0.25) is 0 Å². The van der Waals surface area contributed by atoms with E-state index >= 15 is 0 Å². The van der Waals surface area contributed by atoms with Crippen LogP contribution in [0.3, 0.4) is 0 Å². The van der Waals surface area contributed by atoms with Crippen molar-refractivity contribution >= 4 is 21.7 Å². The predicted octanol–water partition coefficient (Wildman–Crippen LogP) is 4.59. The van der Waals surface area contributed by atoms with E-state index in [-0.39, 0.29) is 11.5 Å². The number of halogens is 1. The zero-order valence-corrected chi connectivity index (χ0v) is 13.2. The second kappa shape index (κ2) is 6.23. The van der Waals surface area contributed by atoms with E-state index in [1.165, 1.54) is 0 Å². The number of rotatable bonds is 4. The van der Waals surface area contributed by atoms with E-state index in [2.05, 4.69) is 15.9 Å². The summed E-state index contributed by atoms with van der Waals surface area (Å²) in [6.45, 7) is 3.91. The van der Waals surface area contributed by atoms with Crippen molar-refractivity contribution in [2.75, 3.05) is 0 Å². The molecule has 1 N–H and O–H groups in total. The molecule has 2 rings (SSSR count). The van der Waals surface area contributed by atoms with Crippen LogP contribution in [-0.4, -0.2) is 10.9 Å². The van der Waals surface area contributed by atoms with Gasteiger partial charge in [-0.2, -0.15) is 0 Å². The molecule has 2 nitrogen and oxygen atoms in total. The second-order valence-corrected chi connectivity index (χ2v) is 5.84. The molecular weight excluding hydrogens is 316 g/mol. The lowest BCUT2D eigenvalue weighted by Crippen LogP contribution is -2.03. The van der Waals surface area contributed by atoms with Gasteiger partial charge in [0.25, 0.3) is 0 Å². The fraction of sp³-hybridized carbons (Fsp3) is 0.235. The average molecular weight is 333 g/mol. The number of hydrogen-bond donors (Lipinski definition) is 1. The number of phenols is 1. The lowest BCUT2D eigenvalue weighted by Gasteiger charge is -2.10. The van der Waals surface area contributed by atoms with Gasteiger partial charge in [-0.25, -0.2) is 0 Å². The molecule has 0 spiro atoms. The van der Waals surface area contributed by atoms with Crippen LogP contribution in [0, 0.1) is 13.8 Å². The first-order valence-electron chi connectivity index (χ1n) is 6.56. The maximum absolute atomic E-state index is 12.2. The summed E-state index contributed by atoms with van der Waals surface area (Å²) in [6.07, 6.45) is 0.943. The Kier molecular flexibility index (Phi) is 4.61. The van der Waals surface area contributed by atoms with Crippen LogP contribution in [0.1, 0.15) is 33.5 Å². The van der Waals surface area contributed by atoms with Crippen molar-refractivity contribution in [3.63, 3.8) is 0 Å². The van der Waals surface area contributed by atoms with E-state index < -0.39 is 0 Å². The fourth-order valence-electron chi connectivity index (χ4n) is 2.36. The molecule has 2 aromatic carbocycles. The highest BCUT2D eigenvalue weighted by molar-refractivity contribution is 9.10. The first kappa shape index (κ1) is 14.8. The van der Waals surface area contributed by atoms with Gasteiger partial charge in [-0.1, -0.05) is 40.2 Å². The summed E-state index contributed by atoms with van der Waals surface area (Å²) in [5.74, 6) is 0.360. The van der Waals surface area contributed by atoms with E-state index in [0.717, 1.165) is 21.2 Å². The normalized spacial score (nSPS) is 10.6. The molecule has 0 aliphatic heterocycles.